The van der Waals surface area contributed by atoms with Crippen LogP contribution in [0.25, 0.3) is 10.6 Å². The summed E-state index contributed by atoms with van der Waals surface area (Å²) in [5.41, 5.74) is 2.94. The van der Waals surface area contributed by atoms with Gasteiger partial charge in [0.1, 0.15) is 0 Å². The molecule has 0 aliphatic carbocycles. The van der Waals surface area contributed by atoms with Crippen molar-refractivity contribution in [3.8, 4) is 10.6 Å². The Hall–Kier alpha value is -1.49. The number of anilines is 1. The van der Waals surface area contributed by atoms with Gasteiger partial charge in [0, 0.05) is 12.1 Å². The zero-order valence-electron chi connectivity index (χ0n) is 10.4. The van der Waals surface area contributed by atoms with E-state index in [0.29, 0.717) is 16.6 Å². The zero-order chi connectivity index (χ0) is 13.9. The van der Waals surface area contributed by atoms with Crippen molar-refractivity contribution in [3.05, 3.63) is 57.5 Å². The number of thiophene rings is 1. The summed E-state index contributed by atoms with van der Waals surface area (Å²) in [7, 11) is 0. The van der Waals surface area contributed by atoms with E-state index in [9.17, 15) is 0 Å². The highest BCUT2D eigenvalue weighted by Crippen LogP contribution is 2.31. The van der Waals surface area contributed by atoms with E-state index in [1.54, 1.807) is 17.4 Å². The fourth-order valence-electron chi connectivity index (χ4n) is 1.91. The molecular formula is C14H11Cl2N3S. The van der Waals surface area contributed by atoms with E-state index in [0.717, 1.165) is 21.8 Å². The minimum atomic E-state index is 0.537. The largest absolute Gasteiger partial charge is 0.380 e. The van der Waals surface area contributed by atoms with Crippen LogP contribution in [-0.4, -0.2) is 10.2 Å². The first-order chi connectivity index (χ1) is 9.75. The number of hydrogen-bond acceptors (Lipinski definition) is 3. The molecule has 3 rings (SSSR count). The molecule has 0 unspecified atom stereocenters. The van der Waals surface area contributed by atoms with E-state index in [1.807, 2.05) is 29.8 Å². The number of hydrogen-bond donors (Lipinski definition) is 2. The Morgan fingerprint density at radius 3 is 2.90 bits per heavy atom. The van der Waals surface area contributed by atoms with Crippen LogP contribution in [0.5, 0.6) is 0 Å². The molecule has 20 heavy (non-hydrogen) atoms. The van der Waals surface area contributed by atoms with Crippen LogP contribution in [0.15, 0.2) is 41.9 Å². The summed E-state index contributed by atoms with van der Waals surface area (Å²) in [6.07, 6.45) is 1.82. The Bertz CT molecular complexity index is 707. The van der Waals surface area contributed by atoms with E-state index in [4.69, 9.17) is 23.2 Å². The minimum absolute atomic E-state index is 0.537. The number of H-pyrrole nitrogens is 1. The van der Waals surface area contributed by atoms with Gasteiger partial charge in [0.2, 0.25) is 0 Å². The van der Waals surface area contributed by atoms with Crippen molar-refractivity contribution in [1.82, 2.24) is 10.2 Å². The molecule has 3 nitrogen and oxygen atoms in total. The molecule has 0 aliphatic rings. The number of aromatic nitrogens is 2. The first-order valence-corrected chi connectivity index (χ1v) is 7.63. The average Bonchev–Trinajstić information content (AvgIpc) is 3.10. The maximum Gasteiger partial charge on any atom is 0.0823 e. The lowest BCUT2D eigenvalue weighted by atomic mass is 10.2. The van der Waals surface area contributed by atoms with Crippen LogP contribution < -0.4 is 5.32 Å². The number of rotatable bonds is 4. The van der Waals surface area contributed by atoms with Gasteiger partial charge in [-0.3, -0.25) is 5.10 Å². The van der Waals surface area contributed by atoms with Crippen molar-refractivity contribution in [2.24, 2.45) is 0 Å². The van der Waals surface area contributed by atoms with Crippen LogP contribution in [0, 0.1) is 0 Å². The molecule has 2 N–H and O–H groups in total. The molecule has 2 heterocycles. The lowest BCUT2D eigenvalue weighted by molar-refractivity contribution is 1.10. The molecule has 0 aliphatic heterocycles. The van der Waals surface area contributed by atoms with Gasteiger partial charge in [0.15, 0.2) is 0 Å². The second-order valence-corrected chi connectivity index (χ2v) is 5.94. The van der Waals surface area contributed by atoms with Crippen LogP contribution in [0.3, 0.4) is 0 Å². The Morgan fingerprint density at radius 1 is 1.20 bits per heavy atom. The monoisotopic (exact) mass is 323 g/mol. The normalized spacial score (nSPS) is 10.7. The van der Waals surface area contributed by atoms with Crippen molar-refractivity contribution in [3.63, 3.8) is 0 Å². The Morgan fingerprint density at radius 2 is 2.10 bits per heavy atom. The van der Waals surface area contributed by atoms with Crippen molar-refractivity contribution in [2.75, 3.05) is 5.32 Å². The van der Waals surface area contributed by atoms with Crippen LogP contribution in [0.4, 0.5) is 5.69 Å². The van der Waals surface area contributed by atoms with Crippen LogP contribution >= 0.6 is 34.5 Å². The van der Waals surface area contributed by atoms with E-state index >= 15 is 0 Å². The van der Waals surface area contributed by atoms with Crippen molar-refractivity contribution in [2.45, 2.75) is 6.54 Å². The van der Waals surface area contributed by atoms with Crippen LogP contribution in [0.1, 0.15) is 5.56 Å². The minimum Gasteiger partial charge on any atom is -0.380 e. The van der Waals surface area contributed by atoms with Crippen molar-refractivity contribution >= 4 is 40.2 Å². The summed E-state index contributed by atoms with van der Waals surface area (Å²) in [4.78, 5) is 1.16. The van der Waals surface area contributed by atoms with Gasteiger partial charge in [0.05, 0.1) is 32.5 Å². The summed E-state index contributed by atoms with van der Waals surface area (Å²) < 4.78 is 0. The van der Waals surface area contributed by atoms with Crippen LogP contribution in [-0.2, 0) is 6.54 Å². The van der Waals surface area contributed by atoms with Crippen molar-refractivity contribution in [1.29, 1.82) is 0 Å². The van der Waals surface area contributed by atoms with Gasteiger partial charge in [-0.1, -0.05) is 35.3 Å². The van der Waals surface area contributed by atoms with Crippen molar-refractivity contribution < 1.29 is 0 Å². The number of aromatic amines is 1. The highest BCUT2D eigenvalue weighted by Gasteiger charge is 2.09. The third-order valence-electron chi connectivity index (χ3n) is 2.91. The lowest BCUT2D eigenvalue weighted by Gasteiger charge is -2.09. The summed E-state index contributed by atoms with van der Waals surface area (Å²) in [5.74, 6) is 0. The fourth-order valence-corrected chi connectivity index (χ4v) is 3.03. The Balaban J connectivity index is 1.80. The predicted molar refractivity (Wildman–Crippen MR) is 85.7 cm³/mol. The third-order valence-corrected chi connectivity index (χ3v) is 4.61. The number of benzene rings is 1. The van der Waals surface area contributed by atoms with Gasteiger partial charge >= 0.3 is 0 Å². The average molecular weight is 324 g/mol. The molecule has 0 radical (unpaired) electrons. The lowest BCUT2D eigenvalue weighted by Crippen LogP contribution is -2.00. The molecule has 1 aromatic carbocycles. The molecule has 0 atom stereocenters. The Labute approximate surface area is 130 Å². The third kappa shape index (κ3) is 2.68. The maximum absolute atomic E-state index is 6.16. The molecular weight excluding hydrogens is 313 g/mol. The van der Waals surface area contributed by atoms with E-state index in [-0.39, 0.29) is 0 Å². The smallest absolute Gasteiger partial charge is 0.0823 e. The first-order valence-electron chi connectivity index (χ1n) is 5.99. The second-order valence-electron chi connectivity index (χ2n) is 4.20. The van der Waals surface area contributed by atoms with E-state index in [1.165, 1.54) is 0 Å². The standard InChI is InChI=1S/C14H11Cl2N3S/c15-10-3-1-4-11(13(10)16)17-7-9-8-18-19-14(9)12-5-2-6-20-12/h1-6,8,17H,7H2,(H,18,19). The van der Waals surface area contributed by atoms with Gasteiger partial charge in [-0.2, -0.15) is 5.10 Å². The van der Waals surface area contributed by atoms with Crippen LogP contribution in [0.2, 0.25) is 10.0 Å². The number of nitrogens with zero attached hydrogens (tertiary/aromatic N) is 1. The quantitative estimate of drug-likeness (QED) is 0.704. The topological polar surface area (TPSA) is 40.7 Å². The van der Waals surface area contributed by atoms with Gasteiger partial charge in [-0.15, -0.1) is 11.3 Å². The molecule has 0 bridgehead atoms. The molecule has 102 valence electrons. The molecule has 0 spiro atoms. The number of nitrogens with one attached hydrogen (secondary N) is 2. The number of halogens is 2. The molecule has 3 aromatic rings. The second kappa shape index (κ2) is 5.87. The molecule has 2 aromatic heterocycles. The first kappa shape index (κ1) is 13.5. The fraction of sp³-hybridized carbons (Fsp3) is 0.0714. The highest BCUT2D eigenvalue weighted by molar-refractivity contribution is 7.13. The molecule has 0 saturated heterocycles. The highest BCUT2D eigenvalue weighted by atomic mass is 35.5. The van der Waals surface area contributed by atoms with Gasteiger partial charge < -0.3 is 5.32 Å². The van der Waals surface area contributed by atoms with Gasteiger partial charge in [-0.25, -0.2) is 0 Å². The predicted octanol–water partition coefficient (Wildman–Crippen LogP) is 5.06. The Kier molecular flexibility index (Phi) is 3.96. The summed E-state index contributed by atoms with van der Waals surface area (Å²) in [5, 5.41) is 13.6. The van der Waals surface area contributed by atoms with Gasteiger partial charge in [0.25, 0.3) is 0 Å². The van der Waals surface area contributed by atoms with E-state index in [2.05, 4.69) is 21.6 Å². The molecule has 6 heteroatoms. The van der Waals surface area contributed by atoms with Gasteiger partial charge in [-0.05, 0) is 23.6 Å². The molecule has 0 amide bonds. The molecule has 0 saturated carbocycles. The molecule has 0 fully saturated rings. The summed E-state index contributed by atoms with van der Waals surface area (Å²) in [6, 6.07) is 9.62. The van der Waals surface area contributed by atoms with E-state index < -0.39 is 0 Å². The summed E-state index contributed by atoms with van der Waals surface area (Å²) >= 11 is 13.8. The summed E-state index contributed by atoms with van der Waals surface area (Å²) in [6.45, 7) is 0.629. The maximum atomic E-state index is 6.16. The SMILES string of the molecule is Clc1cccc(NCc2cn[nH]c2-c2cccs2)c1Cl. The zero-order valence-corrected chi connectivity index (χ0v) is 12.7.